The third-order valence-electron chi connectivity index (χ3n) is 2.06. The van der Waals surface area contributed by atoms with Crippen LogP contribution < -0.4 is 9.79 Å². The lowest BCUT2D eigenvalue weighted by molar-refractivity contribution is -0.316. The van der Waals surface area contributed by atoms with Gasteiger partial charge >= 0.3 is 0 Å². The molecule has 0 radical (unpaired) electrons. The van der Waals surface area contributed by atoms with Crippen LogP contribution in [0.3, 0.4) is 0 Å². The van der Waals surface area contributed by atoms with Gasteiger partial charge in [0.1, 0.15) is 0 Å². The highest BCUT2D eigenvalue weighted by Gasteiger charge is 2.09. The highest BCUT2D eigenvalue weighted by atomic mass is 31.2. The summed E-state index contributed by atoms with van der Waals surface area (Å²) < 4.78 is 10.6. The van der Waals surface area contributed by atoms with Gasteiger partial charge in [0, 0.05) is 0 Å². The molecule has 0 bridgehead atoms. The maximum atomic E-state index is 10.6. The molecule has 0 aromatic carbocycles. The van der Waals surface area contributed by atoms with E-state index in [2.05, 4.69) is 6.92 Å². The van der Waals surface area contributed by atoms with Gasteiger partial charge < -0.3 is 14.4 Å². The van der Waals surface area contributed by atoms with Gasteiger partial charge in [-0.15, -0.1) is 0 Å². The second kappa shape index (κ2) is 5.74. The Morgan fingerprint density at radius 3 is 2.17 bits per heavy atom. The van der Waals surface area contributed by atoms with Gasteiger partial charge in [0.25, 0.3) is 0 Å². The first-order chi connectivity index (χ1) is 5.52. The highest BCUT2D eigenvalue weighted by Crippen LogP contribution is 2.36. The van der Waals surface area contributed by atoms with Crippen molar-refractivity contribution in [2.45, 2.75) is 51.6 Å². The van der Waals surface area contributed by atoms with Crippen molar-refractivity contribution in [3.8, 4) is 0 Å². The van der Waals surface area contributed by atoms with E-state index < -0.39 is 13.3 Å². The summed E-state index contributed by atoms with van der Waals surface area (Å²) >= 11 is 0. The lowest BCUT2D eigenvalue weighted by atomic mass is 10.1. The normalized spacial score (nSPS) is 14.7. The molecule has 0 aliphatic carbocycles. The van der Waals surface area contributed by atoms with Crippen LogP contribution in [0.15, 0.2) is 0 Å². The fraction of sp³-hybridized carbons (Fsp3) is 1.00. The molecule has 0 N–H and O–H groups in total. The van der Waals surface area contributed by atoms with Crippen LogP contribution in [-0.4, -0.2) is 5.66 Å². The van der Waals surface area contributed by atoms with Crippen LogP contribution in [0.5, 0.6) is 0 Å². The summed E-state index contributed by atoms with van der Waals surface area (Å²) in [7, 11) is -4.32. The molecule has 4 heteroatoms. The number of hydrogen-bond acceptors (Lipinski definition) is 3. The van der Waals surface area contributed by atoms with E-state index in [0.29, 0.717) is 12.8 Å². The predicted molar refractivity (Wildman–Crippen MR) is 45.8 cm³/mol. The Morgan fingerprint density at radius 1 is 1.25 bits per heavy atom. The maximum Gasteiger partial charge on any atom is -0.0137 e. The first kappa shape index (κ1) is 12.2. The topological polar surface area (TPSA) is 63.2 Å². The molecule has 0 aliphatic rings. The van der Waals surface area contributed by atoms with Crippen LogP contribution in [0.2, 0.25) is 0 Å². The molecule has 0 aromatic heterocycles. The van der Waals surface area contributed by atoms with Gasteiger partial charge in [0.2, 0.25) is 0 Å². The van der Waals surface area contributed by atoms with Gasteiger partial charge in [0.15, 0.2) is 0 Å². The Labute approximate surface area is 74.3 Å². The summed E-state index contributed by atoms with van der Waals surface area (Å²) in [5, 5.41) is 0. The second-order valence-electron chi connectivity index (χ2n) is 3.10. The summed E-state index contributed by atoms with van der Waals surface area (Å²) in [4.78, 5) is 21.3. The molecule has 0 aliphatic heterocycles. The van der Waals surface area contributed by atoms with Crippen LogP contribution in [0.1, 0.15) is 46.0 Å². The van der Waals surface area contributed by atoms with E-state index in [0.717, 1.165) is 19.3 Å². The number of rotatable bonds is 6. The van der Waals surface area contributed by atoms with Gasteiger partial charge in [-0.05, 0) is 18.5 Å². The first-order valence-electron chi connectivity index (χ1n) is 4.54. The molecule has 0 fully saturated rings. The van der Waals surface area contributed by atoms with E-state index in [9.17, 15) is 14.4 Å². The minimum Gasteiger partial charge on any atom is -0.811 e. The van der Waals surface area contributed by atoms with E-state index in [1.807, 2.05) is 0 Å². The van der Waals surface area contributed by atoms with E-state index in [1.165, 1.54) is 0 Å². The molecule has 74 valence electrons. The fourth-order valence-electron chi connectivity index (χ4n) is 1.22. The fourth-order valence-corrected chi connectivity index (χ4v) is 2.16. The summed E-state index contributed by atoms with van der Waals surface area (Å²) in [5.41, 5.74) is -0.635. The van der Waals surface area contributed by atoms with E-state index in [4.69, 9.17) is 0 Å². The average molecular weight is 192 g/mol. The molecule has 0 spiro atoms. The van der Waals surface area contributed by atoms with Crippen molar-refractivity contribution in [1.29, 1.82) is 0 Å². The van der Waals surface area contributed by atoms with Crippen molar-refractivity contribution in [1.82, 2.24) is 0 Å². The molecule has 12 heavy (non-hydrogen) atoms. The molecule has 0 amide bonds. The van der Waals surface area contributed by atoms with Crippen LogP contribution in [-0.2, 0) is 4.57 Å². The number of unbranched alkanes of at least 4 members (excludes halogenated alkanes) is 2. The van der Waals surface area contributed by atoms with E-state index in [-0.39, 0.29) is 0 Å². The Morgan fingerprint density at radius 2 is 1.83 bits per heavy atom. The van der Waals surface area contributed by atoms with Crippen molar-refractivity contribution in [2.24, 2.45) is 0 Å². The van der Waals surface area contributed by atoms with Crippen LogP contribution in [0.4, 0.5) is 0 Å². The molecule has 1 unspecified atom stereocenters. The van der Waals surface area contributed by atoms with Crippen molar-refractivity contribution in [3.63, 3.8) is 0 Å². The molecule has 0 aromatic rings. The zero-order valence-electron chi connectivity index (χ0n) is 7.78. The second-order valence-corrected chi connectivity index (χ2v) is 4.91. The zero-order valence-corrected chi connectivity index (χ0v) is 8.68. The van der Waals surface area contributed by atoms with Gasteiger partial charge in [-0.1, -0.05) is 40.7 Å². The largest absolute Gasteiger partial charge is 0.811 e. The molecule has 1 atom stereocenters. The minimum absolute atomic E-state index is 0.452. The third kappa shape index (κ3) is 4.91. The monoisotopic (exact) mass is 192 g/mol. The summed E-state index contributed by atoms with van der Waals surface area (Å²) in [6.07, 6.45) is 3.90. The third-order valence-corrected chi connectivity index (χ3v) is 3.58. The van der Waals surface area contributed by atoms with Crippen LogP contribution in [0, 0.1) is 0 Å². The molecule has 3 nitrogen and oxygen atoms in total. The van der Waals surface area contributed by atoms with Gasteiger partial charge in [0.05, 0.1) is 0 Å². The molecular formula is C8H17O3P-2. The lowest BCUT2D eigenvalue weighted by Crippen LogP contribution is -2.25. The van der Waals surface area contributed by atoms with E-state index in [1.54, 1.807) is 6.92 Å². The van der Waals surface area contributed by atoms with Crippen LogP contribution >= 0.6 is 7.60 Å². The average Bonchev–Trinajstić information content (AvgIpc) is 1.95. The summed E-state index contributed by atoms with van der Waals surface area (Å²) in [6, 6.07) is 0. The number of hydrogen-bond donors (Lipinski definition) is 0. The molecular weight excluding hydrogens is 175 g/mol. The quantitative estimate of drug-likeness (QED) is 0.470. The standard InChI is InChI=1S/C8H19O3P/c1-3-5-6-7-8(4-2)12(9,10)11/h8H,3-7H2,1-2H3,(H2,9,10,11)/p-2. The smallest absolute Gasteiger partial charge is 0.0137 e. The minimum atomic E-state index is -4.32. The Kier molecular flexibility index (Phi) is 5.81. The van der Waals surface area contributed by atoms with Crippen molar-refractivity contribution >= 4 is 7.60 Å². The SMILES string of the molecule is CCCCCC(CC)P(=O)([O-])[O-]. The van der Waals surface area contributed by atoms with Gasteiger partial charge in [-0.3, -0.25) is 0 Å². The molecule has 0 saturated heterocycles. The van der Waals surface area contributed by atoms with Crippen molar-refractivity contribution in [3.05, 3.63) is 0 Å². The highest BCUT2D eigenvalue weighted by molar-refractivity contribution is 7.49. The maximum absolute atomic E-state index is 10.6. The Hall–Kier alpha value is 0.150. The van der Waals surface area contributed by atoms with E-state index >= 15 is 0 Å². The molecule has 0 saturated carbocycles. The van der Waals surface area contributed by atoms with Gasteiger partial charge in [-0.2, -0.15) is 0 Å². The van der Waals surface area contributed by atoms with Crippen molar-refractivity contribution < 1.29 is 14.4 Å². The molecule has 0 heterocycles. The first-order valence-corrected chi connectivity index (χ1v) is 6.15. The zero-order chi connectivity index (χ0) is 9.61. The van der Waals surface area contributed by atoms with Crippen LogP contribution in [0.25, 0.3) is 0 Å². The van der Waals surface area contributed by atoms with Crippen molar-refractivity contribution in [2.75, 3.05) is 0 Å². The summed E-state index contributed by atoms with van der Waals surface area (Å²) in [5.74, 6) is 0. The Balaban J connectivity index is 3.77. The predicted octanol–water partition coefficient (Wildman–Crippen LogP) is 1.26. The van der Waals surface area contributed by atoms with Gasteiger partial charge in [-0.25, -0.2) is 0 Å². The lowest BCUT2D eigenvalue weighted by Gasteiger charge is -2.38. The molecule has 0 rings (SSSR count). The summed E-state index contributed by atoms with van der Waals surface area (Å²) in [6.45, 7) is 3.80. The Bertz CT molecular complexity index is 152.